The summed E-state index contributed by atoms with van der Waals surface area (Å²) in [6.07, 6.45) is 10.8. The Morgan fingerprint density at radius 2 is 1.96 bits per heavy atom. The van der Waals surface area contributed by atoms with E-state index in [1.807, 2.05) is 0 Å². The second-order valence-corrected chi connectivity index (χ2v) is 8.99. The van der Waals surface area contributed by atoms with Gasteiger partial charge in [0.1, 0.15) is 0 Å². The van der Waals surface area contributed by atoms with Gasteiger partial charge < -0.3 is 5.32 Å². The molecule has 1 N–H and O–H groups in total. The SMILES string of the molecule is CNC1CCC(Cc2cccc3sc4c(c23)CC(C)CC4)CC1. The number of fused-ring (bicyclic) bond motifs is 3. The number of aryl methyl sites for hydroxylation is 1. The van der Waals surface area contributed by atoms with Gasteiger partial charge in [0.05, 0.1) is 0 Å². The fraction of sp³-hybridized carbons (Fsp3) is 0.619. The van der Waals surface area contributed by atoms with Crippen molar-refractivity contribution in [2.75, 3.05) is 7.05 Å². The largest absolute Gasteiger partial charge is 0.317 e. The van der Waals surface area contributed by atoms with Crippen molar-refractivity contribution < 1.29 is 0 Å². The molecule has 2 aromatic rings. The van der Waals surface area contributed by atoms with Crippen LogP contribution in [0.1, 0.15) is 55.0 Å². The van der Waals surface area contributed by atoms with Crippen molar-refractivity contribution in [1.29, 1.82) is 0 Å². The first kappa shape index (κ1) is 15.7. The van der Waals surface area contributed by atoms with E-state index in [1.54, 1.807) is 26.1 Å². The molecule has 0 bridgehead atoms. The smallest absolute Gasteiger partial charge is 0.0351 e. The van der Waals surface area contributed by atoms with Crippen molar-refractivity contribution in [3.63, 3.8) is 0 Å². The molecule has 0 saturated heterocycles. The number of hydrogen-bond donors (Lipinski definition) is 1. The first-order valence-electron chi connectivity index (χ1n) is 9.44. The lowest BCUT2D eigenvalue weighted by molar-refractivity contribution is 0.301. The van der Waals surface area contributed by atoms with Gasteiger partial charge in [0.2, 0.25) is 0 Å². The summed E-state index contributed by atoms with van der Waals surface area (Å²) >= 11 is 2.07. The lowest BCUT2D eigenvalue weighted by Crippen LogP contribution is -2.30. The maximum absolute atomic E-state index is 3.46. The second-order valence-electron chi connectivity index (χ2n) is 7.85. The summed E-state index contributed by atoms with van der Waals surface area (Å²) in [6, 6.07) is 7.82. The molecule has 2 aliphatic carbocycles. The van der Waals surface area contributed by atoms with Crippen molar-refractivity contribution >= 4 is 21.4 Å². The van der Waals surface area contributed by atoms with Gasteiger partial charge in [-0.1, -0.05) is 19.1 Å². The quantitative estimate of drug-likeness (QED) is 0.801. The van der Waals surface area contributed by atoms with Gasteiger partial charge in [-0.05, 0) is 92.8 Å². The number of nitrogens with one attached hydrogen (secondary N) is 1. The van der Waals surface area contributed by atoms with E-state index < -0.39 is 0 Å². The van der Waals surface area contributed by atoms with E-state index in [9.17, 15) is 0 Å². The Morgan fingerprint density at radius 1 is 1.13 bits per heavy atom. The predicted molar refractivity (Wildman–Crippen MR) is 102 cm³/mol. The first-order valence-corrected chi connectivity index (χ1v) is 10.3. The Labute approximate surface area is 144 Å². The summed E-state index contributed by atoms with van der Waals surface area (Å²) < 4.78 is 1.55. The highest BCUT2D eigenvalue weighted by atomic mass is 32.1. The fourth-order valence-electron chi connectivity index (χ4n) is 4.72. The topological polar surface area (TPSA) is 12.0 Å². The molecule has 0 radical (unpaired) electrons. The van der Waals surface area contributed by atoms with E-state index in [2.05, 4.69) is 48.8 Å². The van der Waals surface area contributed by atoms with E-state index in [-0.39, 0.29) is 0 Å². The Bertz CT molecular complexity index is 678. The molecule has 1 heterocycles. The molecule has 2 heteroatoms. The van der Waals surface area contributed by atoms with Crippen LogP contribution >= 0.6 is 11.3 Å². The Balaban J connectivity index is 1.61. The number of benzene rings is 1. The molecule has 2 aliphatic rings. The molecule has 0 aliphatic heterocycles. The molecule has 124 valence electrons. The third kappa shape index (κ3) is 3.08. The van der Waals surface area contributed by atoms with E-state index in [1.165, 1.54) is 51.4 Å². The molecule has 1 aromatic carbocycles. The summed E-state index contributed by atoms with van der Waals surface area (Å²) in [5, 5.41) is 5.11. The molecule has 0 spiro atoms. The zero-order chi connectivity index (χ0) is 15.8. The van der Waals surface area contributed by atoms with Crippen molar-refractivity contribution in [2.45, 2.75) is 64.3 Å². The monoisotopic (exact) mass is 327 g/mol. The lowest BCUT2D eigenvalue weighted by atomic mass is 9.81. The number of hydrogen-bond acceptors (Lipinski definition) is 2. The highest BCUT2D eigenvalue weighted by molar-refractivity contribution is 7.19. The Morgan fingerprint density at radius 3 is 2.74 bits per heavy atom. The van der Waals surface area contributed by atoms with Gasteiger partial charge >= 0.3 is 0 Å². The standard InChI is InChI=1S/C21H29NS/c1-14-6-11-19-18(12-14)21-16(4-3-5-20(21)23-19)13-15-7-9-17(22-2)10-8-15/h3-5,14-15,17,22H,6-13H2,1-2H3. The van der Waals surface area contributed by atoms with Crippen LogP contribution in [-0.2, 0) is 19.3 Å². The maximum atomic E-state index is 3.46. The zero-order valence-electron chi connectivity index (χ0n) is 14.5. The summed E-state index contributed by atoms with van der Waals surface area (Å²) in [5.74, 6) is 1.75. The average Bonchev–Trinajstić information content (AvgIpc) is 2.94. The van der Waals surface area contributed by atoms with Gasteiger partial charge in [-0.3, -0.25) is 0 Å². The average molecular weight is 328 g/mol. The molecule has 1 saturated carbocycles. The van der Waals surface area contributed by atoms with E-state index in [0.717, 1.165) is 17.9 Å². The van der Waals surface area contributed by atoms with Crippen LogP contribution in [0.15, 0.2) is 18.2 Å². The van der Waals surface area contributed by atoms with Crippen molar-refractivity contribution in [3.05, 3.63) is 34.2 Å². The van der Waals surface area contributed by atoms with Gasteiger partial charge in [0.25, 0.3) is 0 Å². The van der Waals surface area contributed by atoms with Crippen LogP contribution < -0.4 is 5.32 Å². The summed E-state index contributed by atoms with van der Waals surface area (Å²) in [5.41, 5.74) is 3.35. The third-order valence-corrected chi connectivity index (χ3v) is 7.42. The van der Waals surface area contributed by atoms with Crippen LogP contribution in [0.5, 0.6) is 0 Å². The third-order valence-electron chi connectivity index (χ3n) is 6.16. The van der Waals surface area contributed by atoms with Gasteiger partial charge in [-0.15, -0.1) is 11.3 Å². The van der Waals surface area contributed by atoms with Crippen molar-refractivity contribution in [1.82, 2.24) is 5.32 Å². The molecule has 1 aromatic heterocycles. The molecule has 0 amide bonds. The van der Waals surface area contributed by atoms with Crippen LogP contribution in [-0.4, -0.2) is 13.1 Å². The molecule has 1 fully saturated rings. The molecule has 1 atom stereocenters. The zero-order valence-corrected chi connectivity index (χ0v) is 15.3. The van der Waals surface area contributed by atoms with E-state index in [4.69, 9.17) is 0 Å². The van der Waals surface area contributed by atoms with Gasteiger partial charge in [0.15, 0.2) is 0 Å². The summed E-state index contributed by atoms with van der Waals surface area (Å²) in [4.78, 5) is 1.68. The Kier molecular flexibility index (Phi) is 4.47. The van der Waals surface area contributed by atoms with Gasteiger partial charge in [-0.25, -0.2) is 0 Å². The normalized spacial score (nSPS) is 28.0. The molecular weight excluding hydrogens is 298 g/mol. The predicted octanol–water partition coefficient (Wildman–Crippen LogP) is 5.35. The molecule has 4 rings (SSSR count). The van der Waals surface area contributed by atoms with Crippen LogP contribution in [0, 0.1) is 11.8 Å². The van der Waals surface area contributed by atoms with E-state index in [0.29, 0.717) is 0 Å². The minimum absolute atomic E-state index is 0.761. The number of rotatable bonds is 3. The van der Waals surface area contributed by atoms with Crippen molar-refractivity contribution in [3.8, 4) is 0 Å². The van der Waals surface area contributed by atoms with Crippen LogP contribution in [0.2, 0.25) is 0 Å². The minimum Gasteiger partial charge on any atom is -0.317 e. The second kappa shape index (κ2) is 6.57. The summed E-state index contributed by atoms with van der Waals surface area (Å²) in [7, 11) is 2.12. The highest BCUT2D eigenvalue weighted by Gasteiger charge is 2.24. The highest BCUT2D eigenvalue weighted by Crippen LogP contribution is 2.41. The first-order chi connectivity index (χ1) is 11.2. The molecule has 1 unspecified atom stereocenters. The molecule has 23 heavy (non-hydrogen) atoms. The van der Waals surface area contributed by atoms with Gasteiger partial charge in [-0.2, -0.15) is 0 Å². The number of thiophene rings is 1. The minimum atomic E-state index is 0.761. The molecule has 1 nitrogen and oxygen atoms in total. The Hall–Kier alpha value is -0.860. The van der Waals surface area contributed by atoms with E-state index >= 15 is 0 Å². The lowest BCUT2D eigenvalue weighted by Gasteiger charge is -2.28. The maximum Gasteiger partial charge on any atom is 0.0351 e. The van der Waals surface area contributed by atoms with Gasteiger partial charge in [0, 0.05) is 15.6 Å². The van der Waals surface area contributed by atoms with Crippen molar-refractivity contribution in [2.24, 2.45) is 11.8 Å². The molecular formula is C21H29NS. The fourth-order valence-corrected chi connectivity index (χ4v) is 6.02. The van der Waals surface area contributed by atoms with Crippen LogP contribution in [0.4, 0.5) is 0 Å². The van der Waals surface area contributed by atoms with Crippen LogP contribution in [0.25, 0.3) is 10.1 Å². The summed E-state index contributed by atoms with van der Waals surface area (Å²) in [6.45, 7) is 2.42. The van der Waals surface area contributed by atoms with Crippen LogP contribution in [0.3, 0.4) is 0 Å².